The molecule has 2 atom stereocenters. The summed E-state index contributed by atoms with van der Waals surface area (Å²) in [5, 5.41) is 12.4. The SMILES string of the molecule is CCCCC(=O)COc1cc(C(=O)CC[C@](C)(O)c2cc3c(c(-c4ccc(F)cc4)n2)OC[C@]3(C)C(N)=O)cc2cccnc12. The molecule has 10 heteroatoms. The minimum atomic E-state index is -1.61. The molecule has 2 aromatic heterocycles. The van der Waals surface area contributed by atoms with Gasteiger partial charge in [0.05, 0.1) is 5.69 Å². The van der Waals surface area contributed by atoms with E-state index in [1.165, 1.54) is 24.3 Å². The van der Waals surface area contributed by atoms with Crippen molar-refractivity contribution in [2.75, 3.05) is 13.2 Å². The number of carbonyl (C=O) groups excluding carboxylic acids is 3. The summed E-state index contributed by atoms with van der Waals surface area (Å²) in [5.74, 6) is -0.649. The van der Waals surface area contributed by atoms with Gasteiger partial charge in [0.15, 0.2) is 11.6 Å². The fraction of sp³-hybridized carbons (Fsp3) is 0.343. The molecule has 234 valence electrons. The Bertz CT molecular complexity index is 1770. The number of unbranched alkanes of at least 4 members (excludes halogenated alkanes) is 1. The summed E-state index contributed by atoms with van der Waals surface area (Å²) in [6, 6.07) is 14.1. The molecule has 1 aliphatic heterocycles. The smallest absolute Gasteiger partial charge is 0.231 e. The molecule has 0 aliphatic carbocycles. The Balaban J connectivity index is 1.43. The second-order valence-corrected chi connectivity index (χ2v) is 11.9. The zero-order chi connectivity index (χ0) is 32.4. The summed E-state index contributed by atoms with van der Waals surface area (Å²) in [6.07, 6.45) is 3.65. The quantitative estimate of drug-likeness (QED) is 0.186. The fourth-order valence-corrected chi connectivity index (χ4v) is 5.33. The van der Waals surface area contributed by atoms with E-state index in [2.05, 4.69) is 9.97 Å². The van der Waals surface area contributed by atoms with Gasteiger partial charge in [0.1, 0.15) is 52.8 Å². The lowest BCUT2D eigenvalue weighted by atomic mass is 9.81. The maximum Gasteiger partial charge on any atom is 0.231 e. The van der Waals surface area contributed by atoms with E-state index in [0.29, 0.717) is 51.2 Å². The van der Waals surface area contributed by atoms with E-state index in [0.717, 1.165) is 12.8 Å². The molecule has 0 radical (unpaired) electrons. The predicted octanol–water partition coefficient (Wildman–Crippen LogP) is 5.58. The average Bonchev–Trinajstić information content (AvgIpc) is 3.39. The highest BCUT2D eigenvalue weighted by Crippen LogP contribution is 2.46. The Morgan fingerprint density at radius 1 is 1.13 bits per heavy atom. The van der Waals surface area contributed by atoms with Crippen LogP contribution in [0.1, 0.15) is 74.5 Å². The number of Topliss-reactive ketones (excluding diaryl/α,β-unsaturated/α-hetero) is 2. The number of nitrogens with two attached hydrogens (primary N) is 1. The first-order chi connectivity index (χ1) is 21.4. The number of halogens is 1. The Kier molecular flexibility index (Phi) is 8.97. The molecule has 0 saturated carbocycles. The van der Waals surface area contributed by atoms with Crippen LogP contribution in [0.3, 0.4) is 0 Å². The minimum Gasteiger partial charge on any atom is -0.489 e. The number of hydrogen-bond donors (Lipinski definition) is 2. The molecule has 1 amide bonds. The van der Waals surface area contributed by atoms with Crippen molar-refractivity contribution in [3.63, 3.8) is 0 Å². The fourth-order valence-electron chi connectivity index (χ4n) is 5.33. The van der Waals surface area contributed by atoms with Crippen molar-refractivity contribution in [3.8, 4) is 22.8 Å². The van der Waals surface area contributed by atoms with Crippen LogP contribution in [0.25, 0.3) is 22.2 Å². The van der Waals surface area contributed by atoms with E-state index < -0.39 is 22.7 Å². The van der Waals surface area contributed by atoms with Gasteiger partial charge in [0.2, 0.25) is 5.91 Å². The molecule has 1 aliphatic rings. The summed E-state index contributed by atoms with van der Waals surface area (Å²) in [5.41, 5.74) is 5.40. The van der Waals surface area contributed by atoms with Gasteiger partial charge in [-0.2, -0.15) is 0 Å². The molecule has 3 N–H and O–H groups in total. The van der Waals surface area contributed by atoms with Gasteiger partial charge in [-0.3, -0.25) is 19.4 Å². The first kappa shape index (κ1) is 31.7. The largest absolute Gasteiger partial charge is 0.489 e. The molecule has 2 aromatic carbocycles. The number of aromatic nitrogens is 2. The molecule has 0 bridgehead atoms. The number of fused-ring (bicyclic) bond motifs is 2. The molecular formula is C35H36FN3O6. The van der Waals surface area contributed by atoms with Gasteiger partial charge in [-0.25, -0.2) is 9.37 Å². The normalized spacial score (nSPS) is 16.9. The number of primary amides is 1. The second-order valence-electron chi connectivity index (χ2n) is 11.9. The lowest BCUT2D eigenvalue weighted by molar-refractivity contribution is -0.123. The van der Waals surface area contributed by atoms with Gasteiger partial charge in [0.25, 0.3) is 0 Å². The van der Waals surface area contributed by atoms with Gasteiger partial charge in [-0.1, -0.05) is 19.4 Å². The van der Waals surface area contributed by atoms with Crippen LogP contribution in [0, 0.1) is 5.82 Å². The number of ketones is 2. The van der Waals surface area contributed by atoms with Crippen LogP contribution < -0.4 is 15.2 Å². The van der Waals surface area contributed by atoms with Crippen molar-refractivity contribution in [1.29, 1.82) is 0 Å². The minimum absolute atomic E-state index is 0.00854. The number of hydrogen-bond acceptors (Lipinski definition) is 8. The standard InChI is InChI=1S/C35H36FN3O6/c1-4-5-8-25(40)19-44-28-17-23(16-22-7-6-15-38-30(22)28)27(41)13-14-35(3,43)29-18-26-32(45-20-34(26,2)33(37)42)31(39-29)21-9-11-24(36)12-10-21/h6-7,9-12,15-18,43H,4-5,8,13-14,19-20H2,1-3H3,(H2,37,42)/t34-,35-/m0/s1. The van der Waals surface area contributed by atoms with Crippen LogP contribution in [-0.2, 0) is 20.6 Å². The summed E-state index contributed by atoms with van der Waals surface area (Å²) >= 11 is 0. The molecule has 4 aromatic rings. The third-order valence-electron chi connectivity index (χ3n) is 8.31. The number of nitrogens with zero attached hydrogens (tertiary/aromatic N) is 2. The Morgan fingerprint density at radius 2 is 1.89 bits per heavy atom. The number of benzene rings is 2. The predicted molar refractivity (Wildman–Crippen MR) is 167 cm³/mol. The third kappa shape index (κ3) is 6.56. The van der Waals surface area contributed by atoms with Crippen LogP contribution in [0.5, 0.6) is 11.5 Å². The highest BCUT2D eigenvalue weighted by molar-refractivity contribution is 6.01. The van der Waals surface area contributed by atoms with Crippen LogP contribution >= 0.6 is 0 Å². The zero-order valence-electron chi connectivity index (χ0n) is 25.6. The number of pyridine rings is 2. The van der Waals surface area contributed by atoms with E-state index in [4.69, 9.17) is 15.2 Å². The first-order valence-corrected chi connectivity index (χ1v) is 15.0. The maximum atomic E-state index is 13.7. The maximum absolute atomic E-state index is 13.7. The summed E-state index contributed by atoms with van der Waals surface area (Å²) in [6.45, 7) is 5.08. The van der Waals surface area contributed by atoms with Crippen molar-refractivity contribution in [2.24, 2.45) is 5.73 Å². The molecule has 5 rings (SSSR count). The molecular weight excluding hydrogens is 577 g/mol. The summed E-state index contributed by atoms with van der Waals surface area (Å²) in [4.78, 5) is 47.3. The number of ether oxygens (including phenoxy) is 2. The molecule has 9 nitrogen and oxygen atoms in total. The van der Waals surface area contributed by atoms with Gasteiger partial charge >= 0.3 is 0 Å². The van der Waals surface area contributed by atoms with Crippen LogP contribution in [0.15, 0.2) is 60.8 Å². The average molecular weight is 614 g/mol. The topological polar surface area (TPSA) is 142 Å². The molecule has 0 saturated heterocycles. The summed E-state index contributed by atoms with van der Waals surface area (Å²) < 4.78 is 25.4. The molecule has 3 heterocycles. The van der Waals surface area contributed by atoms with Crippen LogP contribution in [-0.4, -0.2) is 45.8 Å². The van der Waals surface area contributed by atoms with E-state index in [-0.39, 0.29) is 43.3 Å². The van der Waals surface area contributed by atoms with E-state index >= 15 is 0 Å². The van der Waals surface area contributed by atoms with Crippen molar-refractivity contribution >= 4 is 28.4 Å². The van der Waals surface area contributed by atoms with E-state index in [1.54, 1.807) is 44.3 Å². The molecule has 0 unspecified atom stereocenters. The number of aliphatic hydroxyl groups is 1. The lowest BCUT2D eigenvalue weighted by Crippen LogP contribution is -2.40. The Labute approximate surface area is 260 Å². The van der Waals surface area contributed by atoms with Crippen LogP contribution in [0.2, 0.25) is 0 Å². The van der Waals surface area contributed by atoms with Crippen molar-refractivity contribution < 1.29 is 33.4 Å². The number of amides is 1. The van der Waals surface area contributed by atoms with Gasteiger partial charge < -0.3 is 20.3 Å². The number of rotatable bonds is 13. The third-order valence-corrected chi connectivity index (χ3v) is 8.31. The molecule has 0 fully saturated rings. The lowest BCUT2D eigenvalue weighted by Gasteiger charge is -2.26. The van der Waals surface area contributed by atoms with Gasteiger partial charge in [-0.05, 0) is 75.2 Å². The molecule has 45 heavy (non-hydrogen) atoms. The Morgan fingerprint density at radius 3 is 2.60 bits per heavy atom. The first-order valence-electron chi connectivity index (χ1n) is 15.0. The van der Waals surface area contributed by atoms with Crippen molar-refractivity contribution in [3.05, 3.63) is 83.4 Å². The zero-order valence-corrected chi connectivity index (χ0v) is 25.6. The van der Waals surface area contributed by atoms with E-state index in [1.807, 2.05) is 13.0 Å². The molecule has 0 spiro atoms. The van der Waals surface area contributed by atoms with Crippen molar-refractivity contribution in [2.45, 2.75) is 63.9 Å². The van der Waals surface area contributed by atoms with Crippen molar-refractivity contribution in [1.82, 2.24) is 9.97 Å². The van der Waals surface area contributed by atoms with Gasteiger partial charge in [-0.15, -0.1) is 0 Å². The monoisotopic (exact) mass is 613 g/mol. The van der Waals surface area contributed by atoms with Gasteiger partial charge in [0, 0.05) is 41.1 Å². The second kappa shape index (κ2) is 12.7. The highest BCUT2D eigenvalue weighted by Gasteiger charge is 2.45. The Hall–Kier alpha value is -4.70. The highest BCUT2D eigenvalue weighted by atomic mass is 19.1. The summed E-state index contributed by atoms with van der Waals surface area (Å²) in [7, 11) is 0. The van der Waals surface area contributed by atoms with E-state index in [9.17, 15) is 23.9 Å². The number of carbonyl (C=O) groups is 3. The van der Waals surface area contributed by atoms with Crippen LogP contribution in [0.4, 0.5) is 4.39 Å².